The molecular formula is C28H26N2O3. The van der Waals surface area contributed by atoms with Crippen LogP contribution in [0, 0.1) is 0 Å². The molecule has 1 fully saturated rings. The first-order valence-corrected chi connectivity index (χ1v) is 11.1. The van der Waals surface area contributed by atoms with Crippen molar-refractivity contribution < 1.29 is 14.3 Å². The number of hydrogen-bond donors (Lipinski definition) is 1. The van der Waals surface area contributed by atoms with Gasteiger partial charge in [-0.3, -0.25) is 9.69 Å². The van der Waals surface area contributed by atoms with Gasteiger partial charge >= 0.3 is 0 Å². The molecule has 0 spiro atoms. The zero-order valence-corrected chi connectivity index (χ0v) is 18.5. The number of amides is 1. The highest BCUT2D eigenvalue weighted by atomic mass is 16.5. The SMILES string of the molecule is C=C=C1Cc2ccccc2N2C(=O)[C@H](OCc3ccccc3)[C@H](Nc3ccc(OC)cc3)[C@@H]12. The Hall–Kier alpha value is -3.79. The number of nitrogens with zero attached hydrogens (tertiary/aromatic N) is 1. The van der Waals surface area contributed by atoms with Crippen LogP contribution in [-0.2, 0) is 22.6 Å². The van der Waals surface area contributed by atoms with Gasteiger partial charge in [0.15, 0.2) is 6.10 Å². The van der Waals surface area contributed by atoms with Crippen LogP contribution in [0.1, 0.15) is 11.1 Å². The number of carbonyl (C=O) groups excluding carboxylic acids is 1. The summed E-state index contributed by atoms with van der Waals surface area (Å²) in [5, 5.41) is 3.57. The first kappa shape index (κ1) is 21.1. The van der Waals surface area contributed by atoms with Crippen LogP contribution in [0.3, 0.4) is 0 Å². The van der Waals surface area contributed by atoms with Crippen molar-refractivity contribution >= 4 is 17.3 Å². The number of fused-ring (bicyclic) bond motifs is 3. The molecule has 2 aliphatic heterocycles. The molecule has 1 saturated heterocycles. The molecule has 3 aromatic rings. The van der Waals surface area contributed by atoms with Crippen LogP contribution in [0.5, 0.6) is 5.75 Å². The minimum atomic E-state index is -0.660. The second kappa shape index (κ2) is 8.99. The minimum absolute atomic E-state index is 0.0538. The molecule has 0 aromatic heterocycles. The molecule has 2 aliphatic rings. The molecule has 1 N–H and O–H groups in total. The number of carbonyl (C=O) groups is 1. The van der Waals surface area contributed by atoms with Gasteiger partial charge in [-0.1, -0.05) is 55.1 Å². The average Bonchev–Trinajstić information content (AvgIpc) is 3.14. The number of hydrogen-bond acceptors (Lipinski definition) is 4. The van der Waals surface area contributed by atoms with Gasteiger partial charge in [0.1, 0.15) is 5.75 Å². The lowest BCUT2D eigenvalue weighted by atomic mass is 9.89. The van der Waals surface area contributed by atoms with Crippen molar-refractivity contribution in [3.8, 4) is 5.75 Å². The molecule has 0 radical (unpaired) electrons. The Labute approximate surface area is 194 Å². The van der Waals surface area contributed by atoms with Gasteiger partial charge in [-0.25, -0.2) is 0 Å². The van der Waals surface area contributed by atoms with Crippen molar-refractivity contribution in [2.24, 2.45) is 0 Å². The highest BCUT2D eigenvalue weighted by Crippen LogP contribution is 2.41. The van der Waals surface area contributed by atoms with E-state index in [4.69, 9.17) is 9.47 Å². The van der Waals surface area contributed by atoms with Crippen LogP contribution in [0.25, 0.3) is 0 Å². The molecule has 0 aliphatic carbocycles. The summed E-state index contributed by atoms with van der Waals surface area (Å²) in [5.41, 5.74) is 8.05. The lowest BCUT2D eigenvalue weighted by Crippen LogP contribution is -2.45. The molecule has 3 atom stereocenters. The van der Waals surface area contributed by atoms with Crippen LogP contribution in [0.15, 0.2) is 96.7 Å². The predicted octanol–water partition coefficient (Wildman–Crippen LogP) is 4.74. The number of nitrogens with one attached hydrogen (secondary N) is 1. The average molecular weight is 439 g/mol. The number of ether oxygens (including phenoxy) is 2. The van der Waals surface area contributed by atoms with Crippen molar-refractivity contribution in [1.29, 1.82) is 0 Å². The fraction of sp³-hybridized carbons (Fsp3) is 0.214. The third-order valence-corrected chi connectivity index (χ3v) is 6.34. The molecule has 5 nitrogen and oxygen atoms in total. The van der Waals surface area contributed by atoms with Gasteiger partial charge in [0.05, 0.1) is 25.8 Å². The maximum atomic E-state index is 13.8. The molecule has 166 valence electrons. The molecule has 3 aromatic carbocycles. The highest BCUT2D eigenvalue weighted by molar-refractivity contribution is 6.03. The van der Waals surface area contributed by atoms with Gasteiger partial charge < -0.3 is 14.8 Å². The molecule has 0 saturated carbocycles. The summed E-state index contributed by atoms with van der Waals surface area (Å²) in [6.07, 6.45) is 0.0483. The van der Waals surface area contributed by atoms with Crippen molar-refractivity contribution in [1.82, 2.24) is 0 Å². The first-order chi connectivity index (χ1) is 16.2. The summed E-state index contributed by atoms with van der Waals surface area (Å²) >= 11 is 0. The maximum absolute atomic E-state index is 13.8. The maximum Gasteiger partial charge on any atom is 0.259 e. The summed E-state index contributed by atoms with van der Waals surface area (Å²) in [4.78, 5) is 15.6. The number of para-hydroxylation sites is 1. The third-order valence-electron chi connectivity index (χ3n) is 6.34. The smallest absolute Gasteiger partial charge is 0.259 e. The van der Waals surface area contributed by atoms with Crippen LogP contribution < -0.4 is 15.0 Å². The summed E-state index contributed by atoms with van der Waals surface area (Å²) in [5.74, 6) is 0.724. The Bertz CT molecular complexity index is 1200. The highest BCUT2D eigenvalue weighted by Gasteiger charge is 2.53. The van der Waals surface area contributed by atoms with Gasteiger partial charge in [0, 0.05) is 23.4 Å². The largest absolute Gasteiger partial charge is 0.497 e. The first-order valence-electron chi connectivity index (χ1n) is 11.1. The van der Waals surface area contributed by atoms with E-state index in [0.29, 0.717) is 13.0 Å². The van der Waals surface area contributed by atoms with E-state index in [1.807, 2.05) is 77.7 Å². The van der Waals surface area contributed by atoms with Crippen molar-refractivity contribution in [3.63, 3.8) is 0 Å². The third kappa shape index (κ3) is 3.93. The Morgan fingerprint density at radius 1 is 1.03 bits per heavy atom. The summed E-state index contributed by atoms with van der Waals surface area (Å²) in [6, 6.07) is 25.1. The quantitative estimate of drug-likeness (QED) is 0.565. The van der Waals surface area contributed by atoms with Gasteiger partial charge in [-0.2, -0.15) is 0 Å². The van der Waals surface area contributed by atoms with E-state index in [1.54, 1.807) is 7.11 Å². The number of benzene rings is 3. The molecule has 33 heavy (non-hydrogen) atoms. The fourth-order valence-electron chi connectivity index (χ4n) is 4.74. The second-order valence-corrected chi connectivity index (χ2v) is 8.28. The van der Waals surface area contributed by atoms with Gasteiger partial charge in [0.2, 0.25) is 0 Å². The van der Waals surface area contributed by atoms with E-state index >= 15 is 0 Å². The molecule has 0 bridgehead atoms. The fourth-order valence-corrected chi connectivity index (χ4v) is 4.74. The van der Waals surface area contributed by atoms with Crippen LogP contribution in [0.2, 0.25) is 0 Å². The van der Waals surface area contributed by atoms with E-state index < -0.39 is 6.10 Å². The van der Waals surface area contributed by atoms with Crippen LogP contribution in [0.4, 0.5) is 11.4 Å². The summed E-state index contributed by atoms with van der Waals surface area (Å²) in [7, 11) is 1.64. The zero-order valence-electron chi connectivity index (χ0n) is 18.5. The Kier molecular flexibility index (Phi) is 5.74. The normalized spacial score (nSPS) is 21.2. The van der Waals surface area contributed by atoms with Crippen molar-refractivity contribution in [3.05, 3.63) is 108 Å². The molecule has 2 heterocycles. The van der Waals surface area contributed by atoms with E-state index in [-0.39, 0.29) is 18.0 Å². The number of methoxy groups -OCH3 is 1. The standard InChI is InChI=1S/C28H26N2O3/c1-3-20-17-21-11-7-8-12-24(21)30-26(20)25(29-22-13-15-23(32-2)16-14-22)27(28(30)31)33-18-19-9-5-4-6-10-19/h4-16,25-27,29H,1,17-18H2,2H3/t25-,26-,27-/m1/s1. The minimum Gasteiger partial charge on any atom is -0.497 e. The monoisotopic (exact) mass is 438 g/mol. The Balaban J connectivity index is 1.52. The lowest BCUT2D eigenvalue weighted by Gasteiger charge is -2.35. The van der Waals surface area contributed by atoms with Crippen molar-refractivity contribution in [2.75, 3.05) is 17.3 Å². The van der Waals surface area contributed by atoms with Crippen LogP contribution in [-0.4, -0.2) is 31.2 Å². The molecule has 0 unspecified atom stereocenters. The summed E-state index contributed by atoms with van der Waals surface area (Å²) < 4.78 is 11.6. The van der Waals surface area contributed by atoms with Gasteiger partial charge in [-0.05, 0) is 41.5 Å². The Morgan fingerprint density at radius 2 is 1.76 bits per heavy atom. The molecule has 5 heteroatoms. The van der Waals surface area contributed by atoms with Crippen LogP contribution >= 0.6 is 0 Å². The van der Waals surface area contributed by atoms with Gasteiger partial charge in [0.25, 0.3) is 5.91 Å². The summed E-state index contributed by atoms with van der Waals surface area (Å²) in [6.45, 7) is 4.29. The Morgan fingerprint density at radius 3 is 2.48 bits per heavy atom. The van der Waals surface area contributed by atoms with E-state index in [0.717, 1.165) is 33.8 Å². The lowest BCUT2D eigenvalue weighted by molar-refractivity contribution is -0.128. The van der Waals surface area contributed by atoms with E-state index in [2.05, 4.69) is 23.7 Å². The number of anilines is 2. The zero-order chi connectivity index (χ0) is 22.8. The van der Waals surface area contributed by atoms with Gasteiger partial charge in [-0.15, -0.1) is 5.73 Å². The van der Waals surface area contributed by atoms with E-state index in [1.165, 1.54) is 0 Å². The molecular weight excluding hydrogens is 412 g/mol. The second-order valence-electron chi connectivity index (χ2n) is 8.28. The molecule has 5 rings (SSSR count). The topological polar surface area (TPSA) is 50.8 Å². The van der Waals surface area contributed by atoms with Crippen molar-refractivity contribution in [2.45, 2.75) is 31.2 Å². The predicted molar refractivity (Wildman–Crippen MR) is 129 cm³/mol. The molecule has 1 amide bonds. The van der Waals surface area contributed by atoms with E-state index in [9.17, 15) is 4.79 Å². The number of rotatable bonds is 6.